The predicted octanol–water partition coefficient (Wildman–Crippen LogP) is 2.75. The van der Waals surface area contributed by atoms with Gasteiger partial charge in [0, 0.05) is 16.7 Å². The van der Waals surface area contributed by atoms with Gasteiger partial charge in [-0.25, -0.2) is 0 Å². The molecule has 0 aromatic heterocycles. The second kappa shape index (κ2) is 5.65. The topological polar surface area (TPSA) is 30.5 Å². The van der Waals surface area contributed by atoms with Crippen LogP contribution in [0.15, 0.2) is 23.1 Å². The van der Waals surface area contributed by atoms with E-state index in [4.69, 9.17) is 9.47 Å². The normalized spacial score (nSPS) is 15.3. The number of benzene rings is 1. The lowest BCUT2D eigenvalue weighted by molar-refractivity contribution is 0.174. The van der Waals surface area contributed by atoms with Crippen molar-refractivity contribution in [2.45, 2.75) is 24.0 Å². The van der Waals surface area contributed by atoms with Crippen molar-refractivity contribution < 1.29 is 9.47 Å². The number of ether oxygens (including phenoxy) is 2. The Hall–Kier alpha value is -0.870. The van der Waals surface area contributed by atoms with Crippen molar-refractivity contribution in [3.05, 3.63) is 18.2 Å². The molecule has 1 aromatic rings. The first-order valence-electron chi connectivity index (χ1n) is 5.91. The third-order valence-electron chi connectivity index (χ3n) is 2.78. The highest BCUT2D eigenvalue weighted by Crippen LogP contribution is 2.37. The average molecular weight is 253 g/mol. The van der Waals surface area contributed by atoms with Gasteiger partial charge < -0.3 is 14.8 Å². The maximum absolute atomic E-state index is 5.39. The Labute approximate surface area is 107 Å². The molecule has 1 heterocycles. The summed E-state index contributed by atoms with van der Waals surface area (Å²) in [4.78, 5) is 1.24. The molecule has 4 heteroatoms. The van der Waals surface area contributed by atoms with Crippen molar-refractivity contribution >= 4 is 11.8 Å². The third kappa shape index (κ3) is 3.07. The summed E-state index contributed by atoms with van der Waals surface area (Å²) in [5, 5.41) is 3.81. The monoisotopic (exact) mass is 253 g/mol. The first kappa shape index (κ1) is 12.6. The summed E-state index contributed by atoms with van der Waals surface area (Å²) in [6, 6.07) is 6.16. The highest BCUT2D eigenvalue weighted by atomic mass is 32.2. The van der Waals surface area contributed by atoms with Gasteiger partial charge in [0.1, 0.15) is 0 Å². The second-order valence-electron chi connectivity index (χ2n) is 4.47. The second-order valence-corrected chi connectivity index (χ2v) is 5.79. The number of rotatable bonds is 5. The first-order valence-corrected chi connectivity index (χ1v) is 6.79. The van der Waals surface area contributed by atoms with E-state index in [2.05, 4.69) is 31.3 Å². The van der Waals surface area contributed by atoms with Crippen molar-refractivity contribution in [2.75, 3.05) is 20.4 Å². The maximum atomic E-state index is 5.39. The Kier molecular flexibility index (Phi) is 4.18. The van der Waals surface area contributed by atoms with E-state index in [0.29, 0.717) is 18.0 Å². The molecular weight excluding hydrogens is 234 g/mol. The van der Waals surface area contributed by atoms with E-state index in [1.54, 1.807) is 0 Å². The molecule has 0 radical (unpaired) electrons. The fourth-order valence-corrected chi connectivity index (χ4v) is 2.93. The van der Waals surface area contributed by atoms with Crippen LogP contribution in [0.3, 0.4) is 0 Å². The van der Waals surface area contributed by atoms with Gasteiger partial charge in [-0.05, 0) is 31.2 Å². The molecule has 1 aromatic carbocycles. The lowest BCUT2D eigenvalue weighted by Gasteiger charge is -2.20. The molecule has 17 heavy (non-hydrogen) atoms. The summed E-state index contributed by atoms with van der Waals surface area (Å²) in [7, 11) is 2.00. The zero-order valence-electron chi connectivity index (χ0n) is 10.5. The molecular formula is C13H19NO2S. The van der Waals surface area contributed by atoms with Gasteiger partial charge in [-0.2, -0.15) is 0 Å². The molecule has 0 fully saturated rings. The minimum Gasteiger partial charge on any atom is -0.454 e. The molecule has 0 saturated heterocycles. The van der Waals surface area contributed by atoms with Crippen LogP contribution in [0.2, 0.25) is 0 Å². The third-order valence-corrected chi connectivity index (χ3v) is 4.32. The van der Waals surface area contributed by atoms with Crippen LogP contribution in [-0.2, 0) is 0 Å². The number of hydrogen-bond acceptors (Lipinski definition) is 4. The number of thioether (sulfide) groups is 1. The molecule has 1 N–H and O–H groups in total. The van der Waals surface area contributed by atoms with E-state index in [9.17, 15) is 0 Å². The Morgan fingerprint density at radius 2 is 2.06 bits per heavy atom. The van der Waals surface area contributed by atoms with Gasteiger partial charge in [0.2, 0.25) is 6.79 Å². The summed E-state index contributed by atoms with van der Waals surface area (Å²) >= 11 is 1.89. The lowest BCUT2D eigenvalue weighted by atomic mass is 10.1. The number of hydrogen-bond donors (Lipinski definition) is 1. The highest BCUT2D eigenvalue weighted by Gasteiger charge is 2.17. The quantitative estimate of drug-likeness (QED) is 0.817. The van der Waals surface area contributed by atoms with Crippen molar-refractivity contribution in [2.24, 2.45) is 5.92 Å². The van der Waals surface area contributed by atoms with Gasteiger partial charge in [0.25, 0.3) is 0 Å². The van der Waals surface area contributed by atoms with Crippen LogP contribution in [0.5, 0.6) is 11.5 Å². The van der Waals surface area contributed by atoms with Gasteiger partial charge in [0.05, 0.1) is 0 Å². The summed E-state index contributed by atoms with van der Waals surface area (Å²) in [5.41, 5.74) is 0. The summed E-state index contributed by atoms with van der Waals surface area (Å²) < 4.78 is 10.7. The smallest absolute Gasteiger partial charge is 0.231 e. The molecule has 1 aliphatic heterocycles. The van der Waals surface area contributed by atoms with E-state index in [-0.39, 0.29) is 0 Å². The molecule has 0 saturated carbocycles. The van der Waals surface area contributed by atoms with E-state index < -0.39 is 0 Å². The maximum Gasteiger partial charge on any atom is 0.231 e. The summed E-state index contributed by atoms with van der Waals surface area (Å²) in [5.74, 6) is 2.35. The summed E-state index contributed by atoms with van der Waals surface area (Å²) in [6.45, 7) is 5.86. The molecule has 0 amide bonds. The highest BCUT2D eigenvalue weighted by molar-refractivity contribution is 8.00. The first-order chi connectivity index (χ1) is 8.20. The van der Waals surface area contributed by atoms with Crippen LogP contribution < -0.4 is 14.8 Å². The Bertz CT molecular complexity index is 382. The van der Waals surface area contributed by atoms with Crippen LogP contribution in [-0.4, -0.2) is 25.6 Å². The molecule has 3 nitrogen and oxygen atoms in total. The van der Waals surface area contributed by atoms with Gasteiger partial charge in [-0.3, -0.25) is 0 Å². The minimum absolute atomic E-state index is 0.341. The van der Waals surface area contributed by atoms with E-state index in [1.165, 1.54) is 4.90 Å². The Balaban J connectivity index is 2.07. The van der Waals surface area contributed by atoms with Gasteiger partial charge in [-0.1, -0.05) is 13.8 Å². The molecule has 0 aliphatic carbocycles. The number of fused-ring (bicyclic) bond motifs is 1. The Morgan fingerprint density at radius 3 is 2.76 bits per heavy atom. The van der Waals surface area contributed by atoms with Crippen molar-refractivity contribution in [1.82, 2.24) is 5.32 Å². The average Bonchev–Trinajstić information content (AvgIpc) is 2.75. The van der Waals surface area contributed by atoms with Crippen LogP contribution >= 0.6 is 11.8 Å². The molecule has 0 spiro atoms. The molecule has 1 aliphatic rings. The predicted molar refractivity (Wildman–Crippen MR) is 71.0 cm³/mol. The minimum atomic E-state index is 0.341. The molecule has 94 valence electrons. The van der Waals surface area contributed by atoms with Gasteiger partial charge in [0.15, 0.2) is 11.5 Å². The van der Waals surface area contributed by atoms with Crippen molar-refractivity contribution in [3.8, 4) is 11.5 Å². The van der Waals surface area contributed by atoms with E-state index in [0.717, 1.165) is 18.0 Å². The standard InChI is InChI=1S/C13H19NO2S/c1-9(2)13(7-14-3)17-10-4-5-11-12(6-10)16-8-15-11/h4-6,9,13-14H,7-8H2,1-3H3. The zero-order valence-corrected chi connectivity index (χ0v) is 11.3. The number of nitrogens with one attached hydrogen (secondary N) is 1. The molecule has 1 atom stereocenters. The molecule has 0 bridgehead atoms. The van der Waals surface area contributed by atoms with Crippen LogP contribution in [0.1, 0.15) is 13.8 Å². The molecule has 2 rings (SSSR count). The van der Waals surface area contributed by atoms with Crippen molar-refractivity contribution in [3.63, 3.8) is 0 Å². The van der Waals surface area contributed by atoms with Crippen molar-refractivity contribution in [1.29, 1.82) is 0 Å². The largest absolute Gasteiger partial charge is 0.454 e. The zero-order chi connectivity index (χ0) is 12.3. The summed E-state index contributed by atoms with van der Waals surface area (Å²) in [6.07, 6.45) is 0. The molecule has 1 unspecified atom stereocenters. The van der Waals surface area contributed by atoms with Crippen LogP contribution in [0.4, 0.5) is 0 Å². The fourth-order valence-electron chi connectivity index (χ4n) is 1.74. The van der Waals surface area contributed by atoms with E-state index >= 15 is 0 Å². The fraction of sp³-hybridized carbons (Fsp3) is 0.538. The van der Waals surface area contributed by atoms with Crippen LogP contribution in [0, 0.1) is 5.92 Å². The Morgan fingerprint density at radius 1 is 1.29 bits per heavy atom. The van der Waals surface area contributed by atoms with Gasteiger partial charge >= 0.3 is 0 Å². The van der Waals surface area contributed by atoms with E-state index in [1.807, 2.05) is 24.9 Å². The van der Waals surface area contributed by atoms with Gasteiger partial charge in [-0.15, -0.1) is 11.8 Å². The lowest BCUT2D eigenvalue weighted by Crippen LogP contribution is -2.25. The van der Waals surface area contributed by atoms with Crippen LogP contribution in [0.25, 0.3) is 0 Å². The SMILES string of the molecule is CNCC(Sc1ccc2c(c1)OCO2)C(C)C.